The van der Waals surface area contributed by atoms with E-state index in [2.05, 4.69) is 75.0 Å². The summed E-state index contributed by atoms with van der Waals surface area (Å²) in [6.07, 6.45) is 8.53. The Hall–Kier alpha value is -0.151. The summed E-state index contributed by atoms with van der Waals surface area (Å²) < 4.78 is 6.33. The SMILES string of the molecule is CCC[CH2][Sn]([CH2]CCC)([CH2]CCC)[CH2]Sc1cccc2ccccc12. The fourth-order valence-electron chi connectivity index (χ4n) is 3.80. The van der Waals surface area contributed by atoms with Gasteiger partial charge in [-0.05, 0) is 0 Å². The molecule has 0 atom stereocenters. The molecular formula is C23H36SSn. The van der Waals surface area contributed by atoms with Crippen molar-refractivity contribution in [3.8, 4) is 0 Å². The molecule has 2 rings (SSSR count). The van der Waals surface area contributed by atoms with Gasteiger partial charge in [0.25, 0.3) is 0 Å². The van der Waals surface area contributed by atoms with E-state index in [4.69, 9.17) is 0 Å². The van der Waals surface area contributed by atoms with Gasteiger partial charge in [-0.3, -0.25) is 0 Å². The van der Waals surface area contributed by atoms with Crippen LogP contribution in [0.4, 0.5) is 0 Å². The van der Waals surface area contributed by atoms with Crippen LogP contribution < -0.4 is 0 Å². The summed E-state index contributed by atoms with van der Waals surface area (Å²) in [5.41, 5.74) is 0. The molecule has 0 aliphatic rings. The van der Waals surface area contributed by atoms with E-state index in [1.54, 1.807) is 13.3 Å². The molecular weight excluding hydrogens is 427 g/mol. The van der Waals surface area contributed by atoms with Gasteiger partial charge in [0.1, 0.15) is 0 Å². The zero-order valence-electron chi connectivity index (χ0n) is 16.5. The van der Waals surface area contributed by atoms with Crippen LogP contribution in [0.2, 0.25) is 13.3 Å². The van der Waals surface area contributed by atoms with Crippen molar-refractivity contribution in [3.05, 3.63) is 42.5 Å². The molecule has 0 amide bonds. The van der Waals surface area contributed by atoms with E-state index in [0.29, 0.717) is 0 Å². The molecule has 2 aromatic carbocycles. The van der Waals surface area contributed by atoms with E-state index >= 15 is 0 Å². The van der Waals surface area contributed by atoms with Crippen molar-refractivity contribution >= 4 is 40.9 Å². The zero-order valence-corrected chi connectivity index (χ0v) is 20.2. The molecule has 0 unspecified atom stereocenters. The monoisotopic (exact) mass is 464 g/mol. The molecule has 0 saturated carbocycles. The van der Waals surface area contributed by atoms with Gasteiger partial charge >= 0.3 is 165 Å². The molecule has 0 fully saturated rings. The van der Waals surface area contributed by atoms with Crippen LogP contribution >= 0.6 is 11.8 Å². The van der Waals surface area contributed by atoms with Gasteiger partial charge in [0, 0.05) is 0 Å². The fourth-order valence-corrected chi connectivity index (χ4v) is 24.5. The van der Waals surface area contributed by atoms with Crippen LogP contribution in [-0.4, -0.2) is 22.1 Å². The molecule has 0 aliphatic heterocycles. The number of hydrogen-bond donors (Lipinski definition) is 0. The van der Waals surface area contributed by atoms with Crippen molar-refractivity contribution in [2.24, 2.45) is 0 Å². The summed E-state index contributed by atoms with van der Waals surface area (Å²) in [5, 5.41) is 2.85. The Balaban J connectivity index is 2.18. The van der Waals surface area contributed by atoms with Gasteiger partial charge in [-0.15, -0.1) is 0 Å². The van der Waals surface area contributed by atoms with Crippen molar-refractivity contribution in [2.45, 2.75) is 77.5 Å². The van der Waals surface area contributed by atoms with Gasteiger partial charge in [0.15, 0.2) is 0 Å². The summed E-state index contributed by atoms with van der Waals surface area (Å²) >= 11 is 0.167. The van der Waals surface area contributed by atoms with Crippen LogP contribution in [0, 0.1) is 0 Å². The standard InChI is InChI=1S/C11H9S.3C4H9.Sn/c1-12-11-8-4-6-9-5-2-3-7-10(9)11;3*1-3-4-2;/h2-8H,1H2;3*1,3-4H2,2H3;. The molecule has 0 spiro atoms. The predicted molar refractivity (Wildman–Crippen MR) is 120 cm³/mol. The second-order valence-electron chi connectivity index (χ2n) is 7.58. The van der Waals surface area contributed by atoms with Crippen molar-refractivity contribution in [3.63, 3.8) is 0 Å². The Bertz CT molecular complexity index is 595. The number of rotatable bonds is 12. The molecule has 0 radical (unpaired) electrons. The summed E-state index contributed by atoms with van der Waals surface area (Å²) in [4.78, 5) is 1.52. The van der Waals surface area contributed by atoms with E-state index in [-0.39, 0.29) is 0 Å². The van der Waals surface area contributed by atoms with E-state index < -0.39 is 18.4 Å². The van der Waals surface area contributed by atoms with E-state index in [1.807, 2.05) is 0 Å². The predicted octanol–water partition coefficient (Wildman–Crippen LogP) is 8.32. The van der Waals surface area contributed by atoms with E-state index in [0.717, 1.165) is 0 Å². The van der Waals surface area contributed by atoms with E-state index in [9.17, 15) is 0 Å². The maximum atomic E-state index is 2.37. The molecule has 0 nitrogen and oxygen atoms in total. The number of thioether (sulfide) groups is 1. The van der Waals surface area contributed by atoms with Crippen molar-refractivity contribution in [2.75, 3.05) is 3.77 Å². The number of unbranched alkanes of at least 4 members (excludes halogenated alkanes) is 3. The van der Waals surface area contributed by atoms with Gasteiger partial charge < -0.3 is 0 Å². The van der Waals surface area contributed by atoms with Crippen LogP contribution in [0.1, 0.15) is 59.3 Å². The Kier molecular flexibility index (Phi) is 9.76. The summed E-state index contributed by atoms with van der Waals surface area (Å²) in [5.74, 6) is 0. The van der Waals surface area contributed by atoms with Gasteiger partial charge in [0.2, 0.25) is 0 Å². The molecule has 0 aliphatic carbocycles. The maximum absolute atomic E-state index is 2.37. The van der Waals surface area contributed by atoms with Crippen molar-refractivity contribution in [1.29, 1.82) is 0 Å². The summed E-state index contributed by atoms with van der Waals surface area (Å²) in [6, 6.07) is 15.7. The average molecular weight is 463 g/mol. The van der Waals surface area contributed by atoms with Gasteiger partial charge in [-0.2, -0.15) is 0 Å². The Morgan fingerprint density at radius 2 is 1.28 bits per heavy atom. The first kappa shape index (κ1) is 21.2. The van der Waals surface area contributed by atoms with Gasteiger partial charge in [0.05, 0.1) is 0 Å². The van der Waals surface area contributed by atoms with Crippen molar-refractivity contribution in [1.82, 2.24) is 0 Å². The number of hydrogen-bond acceptors (Lipinski definition) is 1. The first-order valence-corrected chi connectivity index (χ1v) is 19.4. The summed E-state index contributed by atoms with van der Waals surface area (Å²) in [6.45, 7) is 7.11. The first-order chi connectivity index (χ1) is 12.2. The van der Waals surface area contributed by atoms with Gasteiger partial charge in [-0.25, -0.2) is 0 Å². The molecule has 2 heteroatoms. The molecule has 0 saturated heterocycles. The van der Waals surface area contributed by atoms with Crippen LogP contribution in [0.15, 0.2) is 47.4 Å². The molecule has 0 N–H and O–H groups in total. The molecule has 25 heavy (non-hydrogen) atoms. The van der Waals surface area contributed by atoms with Crippen LogP contribution in [0.25, 0.3) is 10.8 Å². The average Bonchev–Trinajstić information content (AvgIpc) is 2.67. The van der Waals surface area contributed by atoms with Crippen molar-refractivity contribution < 1.29 is 0 Å². The molecule has 138 valence electrons. The zero-order chi connectivity index (χ0) is 18.0. The quantitative estimate of drug-likeness (QED) is 0.225. The summed E-state index contributed by atoms with van der Waals surface area (Å²) in [7, 11) is 0. The Labute approximate surface area is 164 Å². The fraction of sp³-hybridized carbons (Fsp3) is 0.565. The van der Waals surface area contributed by atoms with E-state index in [1.165, 1.54) is 58.0 Å². The third-order valence-corrected chi connectivity index (χ3v) is 25.5. The normalized spacial score (nSPS) is 12.0. The number of benzene rings is 2. The Morgan fingerprint density at radius 3 is 1.88 bits per heavy atom. The minimum atomic E-state index is -2.03. The van der Waals surface area contributed by atoms with Crippen LogP contribution in [0.3, 0.4) is 0 Å². The molecule has 0 aromatic heterocycles. The molecule has 0 heterocycles. The second-order valence-corrected chi connectivity index (χ2v) is 23.9. The topological polar surface area (TPSA) is 0 Å². The van der Waals surface area contributed by atoms with Crippen LogP contribution in [-0.2, 0) is 0 Å². The Morgan fingerprint density at radius 1 is 0.720 bits per heavy atom. The molecule has 2 aromatic rings. The second kappa shape index (κ2) is 11.5. The molecule has 0 bridgehead atoms. The third-order valence-electron chi connectivity index (χ3n) is 5.47. The number of fused-ring (bicyclic) bond motifs is 1. The van der Waals surface area contributed by atoms with Crippen LogP contribution in [0.5, 0.6) is 0 Å². The first-order valence-electron chi connectivity index (χ1n) is 10.3. The third kappa shape index (κ3) is 6.50. The minimum absolute atomic E-state index is 1.37. The van der Waals surface area contributed by atoms with Gasteiger partial charge in [-0.1, -0.05) is 0 Å².